The molecule has 0 spiro atoms. The first kappa shape index (κ1) is 50.4. The van der Waals surface area contributed by atoms with Gasteiger partial charge in [-0.1, -0.05) is 18.2 Å². The van der Waals surface area contributed by atoms with Crippen LogP contribution in [-0.4, -0.2) is 164 Å². The number of rotatable bonds is 26. The van der Waals surface area contributed by atoms with Crippen LogP contribution in [0.3, 0.4) is 0 Å². The largest absolute Gasteiger partial charge is 0.481 e. The van der Waals surface area contributed by atoms with Crippen molar-refractivity contribution in [3.63, 3.8) is 0 Å². The van der Waals surface area contributed by atoms with E-state index >= 15 is 0 Å². The molecule has 16 N–H and O–H groups in total. The summed E-state index contributed by atoms with van der Waals surface area (Å²) in [4.78, 5) is 113. The van der Waals surface area contributed by atoms with E-state index in [4.69, 9.17) is 22.3 Å². The van der Waals surface area contributed by atoms with Gasteiger partial charge in [-0.2, -0.15) is 11.8 Å². The van der Waals surface area contributed by atoms with Gasteiger partial charge in [-0.25, -0.2) is 4.79 Å². The lowest BCUT2D eigenvalue weighted by Gasteiger charge is -2.30. The Hall–Kier alpha value is -5.98. The summed E-state index contributed by atoms with van der Waals surface area (Å²) >= 11 is 1.36. The predicted molar refractivity (Wildman–Crippen MR) is 226 cm³/mol. The molecule has 6 amide bonds. The Bertz CT molecular complexity index is 1930. The zero-order chi connectivity index (χ0) is 45.9. The maximum absolute atomic E-state index is 14.3. The highest BCUT2D eigenvalue weighted by atomic mass is 32.2. The van der Waals surface area contributed by atoms with Crippen molar-refractivity contribution >= 4 is 76.0 Å². The zero-order valence-electron chi connectivity index (χ0n) is 34.2. The van der Waals surface area contributed by atoms with E-state index < -0.39 is 116 Å². The van der Waals surface area contributed by atoms with E-state index in [0.29, 0.717) is 17.7 Å². The number of guanidine groups is 1. The zero-order valence-corrected chi connectivity index (χ0v) is 35.0. The molecule has 0 aliphatic carbocycles. The van der Waals surface area contributed by atoms with Gasteiger partial charge in [0.15, 0.2) is 5.96 Å². The SMILES string of the molecule is CSCC[C@H](NC(=O)[C@H](Cc1c[nH]c2ccccc12)NC(=O)[C@@H]1CCCN1C(=O)[C@H](CO)NC(=O)[C@@H](N)CO)C(=O)N[C@@H](CCCN=C(N)N)C(=O)N[C@@H](CCC(=O)O)C(=O)O. The highest BCUT2D eigenvalue weighted by Crippen LogP contribution is 2.22. The third-order valence-corrected chi connectivity index (χ3v) is 10.6. The second kappa shape index (κ2) is 25.1. The van der Waals surface area contributed by atoms with Crippen molar-refractivity contribution in [2.45, 2.75) is 93.7 Å². The number of aromatic amines is 1. The number of hydrogen-bond acceptors (Lipinski definition) is 13. The quantitative estimate of drug-likeness (QED) is 0.0245. The predicted octanol–water partition coefficient (Wildman–Crippen LogP) is -3.81. The molecule has 1 saturated heterocycles. The Balaban J connectivity index is 1.91. The number of fused-ring (bicyclic) bond motifs is 1. The van der Waals surface area contributed by atoms with Crippen molar-refractivity contribution in [2.24, 2.45) is 22.2 Å². The summed E-state index contributed by atoms with van der Waals surface area (Å²) in [7, 11) is 0. The first-order valence-electron chi connectivity index (χ1n) is 19.8. The fraction of sp³-hybridized carbons (Fsp3) is 0.553. The monoisotopic (exact) mass is 891 g/mol. The Morgan fingerprint density at radius 3 is 2.08 bits per heavy atom. The molecule has 1 aliphatic rings. The molecule has 23 nitrogen and oxygen atoms in total. The van der Waals surface area contributed by atoms with Crippen molar-refractivity contribution in [2.75, 3.05) is 38.3 Å². The van der Waals surface area contributed by atoms with E-state index in [0.717, 1.165) is 10.9 Å². The lowest BCUT2D eigenvalue weighted by atomic mass is 10.0. The van der Waals surface area contributed by atoms with Crippen molar-refractivity contribution in [3.05, 3.63) is 36.0 Å². The van der Waals surface area contributed by atoms with Crippen molar-refractivity contribution in [1.29, 1.82) is 0 Å². The molecule has 0 radical (unpaired) electrons. The number of aliphatic carboxylic acids is 2. The number of carbonyl (C=O) groups excluding carboxylic acids is 6. The third kappa shape index (κ3) is 15.2. The maximum Gasteiger partial charge on any atom is 0.326 e. The number of nitrogens with one attached hydrogen (secondary N) is 6. The van der Waals surface area contributed by atoms with E-state index in [2.05, 4.69) is 36.6 Å². The van der Waals surface area contributed by atoms with Crippen LogP contribution in [0.25, 0.3) is 10.9 Å². The van der Waals surface area contributed by atoms with Gasteiger partial charge in [-0.05, 0) is 62.2 Å². The van der Waals surface area contributed by atoms with Gasteiger partial charge in [0.05, 0.1) is 13.2 Å². The van der Waals surface area contributed by atoms with Gasteiger partial charge < -0.3 is 74.1 Å². The van der Waals surface area contributed by atoms with Gasteiger partial charge in [0.25, 0.3) is 0 Å². The van der Waals surface area contributed by atoms with Crippen LogP contribution in [-0.2, 0) is 44.8 Å². The number of aliphatic imine (C=N–C) groups is 1. The number of carbonyl (C=O) groups is 8. The molecule has 2 heterocycles. The van der Waals surface area contributed by atoms with Crippen LogP contribution in [0.4, 0.5) is 0 Å². The second-order valence-corrected chi connectivity index (χ2v) is 15.5. The molecule has 24 heteroatoms. The number of aromatic nitrogens is 1. The van der Waals surface area contributed by atoms with E-state index in [1.54, 1.807) is 24.6 Å². The van der Waals surface area contributed by atoms with Crippen molar-refractivity contribution < 1.29 is 58.8 Å². The summed E-state index contributed by atoms with van der Waals surface area (Å²) in [5, 5.41) is 51.2. The van der Waals surface area contributed by atoms with Crippen LogP contribution in [0.5, 0.6) is 0 Å². The van der Waals surface area contributed by atoms with Crippen LogP contribution in [0.2, 0.25) is 0 Å². The Kier molecular flexibility index (Phi) is 20.4. The van der Waals surface area contributed by atoms with Crippen molar-refractivity contribution in [1.82, 2.24) is 36.5 Å². The molecule has 1 aromatic carbocycles. The summed E-state index contributed by atoms with van der Waals surface area (Å²) in [6, 6.07) is -2.36. The highest BCUT2D eigenvalue weighted by Gasteiger charge is 2.40. The van der Waals surface area contributed by atoms with Gasteiger partial charge in [0.1, 0.15) is 42.3 Å². The topological polar surface area (TPSA) is 387 Å². The first-order valence-corrected chi connectivity index (χ1v) is 21.2. The van der Waals surface area contributed by atoms with E-state index in [9.17, 15) is 53.7 Å². The van der Waals surface area contributed by atoms with E-state index in [1.807, 2.05) is 12.1 Å². The molecule has 7 atom stereocenters. The molecule has 0 bridgehead atoms. The fourth-order valence-corrected chi connectivity index (χ4v) is 7.14. The number of carboxylic acid groups (broad SMARTS) is 2. The Labute approximate surface area is 360 Å². The van der Waals surface area contributed by atoms with Gasteiger partial charge in [0, 0.05) is 43.0 Å². The van der Waals surface area contributed by atoms with Crippen molar-refractivity contribution in [3.8, 4) is 0 Å². The number of hydrogen-bond donors (Lipinski definition) is 13. The number of thioether (sulfide) groups is 1. The van der Waals surface area contributed by atoms with E-state index in [-0.39, 0.29) is 51.2 Å². The molecular weight excluding hydrogens is 835 g/mol. The number of para-hydroxylation sites is 1. The lowest BCUT2D eigenvalue weighted by Crippen LogP contribution is -2.60. The number of benzene rings is 1. The minimum absolute atomic E-state index is 0.0441. The van der Waals surface area contributed by atoms with Crippen LogP contribution >= 0.6 is 11.8 Å². The van der Waals surface area contributed by atoms with Gasteiger partial charge in [-0.3, -0.25) is 38.6 Å². The van der Waals surface area contributed by atoms with E-state index in [1.165, 1.54) is 16.7 Å². The summed E-state index contributed by atoms with van der Waals surface area (Å²) in [6.45, 7) is -1.42. The molecule has 1 aliphatic heterocycles. The first-order chi connectivity index (χ1) is 29.5. The average Bonchev–Trinajstić information content (AvgIpc) is 3.90. The number of aliphatic hydroxyl groups excluding tert-OH is 2. The summed E-state index contributed by atoms with van der Waals surface area (Å²) in [6.07, 6.45) is 2.99. The van der Waals surface area contributed by atoms with Gasteiger partial charge >= 0.3 is 11.9 Å². The second-order valence-electron chi connectivity index (χ2n) is 14.5. The average molecular weight is 892 g/mol. The van der Waals surface area contributed by atoms with Crippen LogP contribution in [0, 0.1) is 0 Å². The molecule has 0 saturated carbocycles. The standard InChI is InChI=1S/C38H57N11O12S/c1-62-15-12-25(33(56)44-24(8-4-13-42-38(40)41)32(55)46-26(37(60)61)10-11-30(52)53)45-34(57)27(16-20-17-43-23-7-3-2-6-21(20)23)47-35(58)29-9-5-14-49(29)36(59)28(19-51)48-31(54)22(39)18-50/h2-3,6-7,17,22,24-29,43,50-51H,4-5,8-16,18-19,39H2,1H3,(H,44,56)(H,45,57)(H,46,55)(H,47,58)(H,48,54)(H,52,53)(H,60,61)(H4,40,41,42)/t22-,24-,25-,26-,27-,28-,29-/m0/s1. The minimum atomic E-state index is -1.60. The van der Waals surface area contributed by atoms with Crippen LogP contribution in [0.15, 0.2) is 35.5 Å². The fourth-order valence-electron chi connectivity index (χ4n) is 6.67. The molecule has 1 aromatic heterocycles. The number of carboxylic acids is 2. The summed E-state index contributed by atoms with van der Waals surface area (Å²) in [5.74, 6) is -7.63. The van der Waals surface area contributed by atoms with Crippen LogP contribution < -0.4 is 43.8 Å². The molecule has 342 valence electrons. The maximum atomic E-state index is 14.3. The minimum Gasteiger partial charge on any atom is -0.481 e. The van der Waals surface area contributed by atoms with Gasteiger partial charge in [-0.15, -0.1) is 0 Å². The van der Waals surface area contributed by atoms with Gasteiger partial charge in [0.2, 0.25) is 35.4 Å². The highest BCUT2D eigenvalue weighted by molar-refractivity contribution is 7.98. The van der Waals surface area contributed by atoms with Crippen LogP contribution in [0.1, 0.15) is 50.5 Å². The molecule has 1 fully saturated rings. The number of nitrogens with zero attached hydrogens (tertiary/aromatic N) is 2. The summed E-state index contributed by atoms with van der Waals surface area (Å²) in [5.41, 5.74) is 17.7. The summed E-state index contributed by atoms with van der Waals surface area (Å²) < 4.78 is 0. The lowest BCUT2D eigenvalue weighted by molar-refractivity contribution is -0.143. The number of likely N-dealkylation sites (tertiary alicyclic amines) is 1. The number of H-pyrrole nitrogens is 1. The molecular formula is C38H57N11O12S. The normalized spacial score (nSPS) is 16.5. The Morgan fingerprint density at radius 1 is 0.839 bits per heavy atom. The third-order valence-electron chi connectivity index (χ3n) is 9.98. The number of nitrogens with two attached hydrogens (primary N) is 3. The number of amides is 6. The number of aliphatic hydroxyl groups is 2. The molecule has 0 unspecified atom stereocenters. The molecule has 3 rings (SSSR count). The Morgan fingerprint density at radius 2 is 1.47 bits per heavy atom. The molecule has 2 aromatic rings. The smallest absolute Gasteiger partial charge is 0.326 e. The molecule has 62 heavy (non-hydrogen) atoms.